The van der Waals surface area contributed by atoms with Crippen LogP contribution in [0.3, 0.4) is 0 Å². The van der Waals surface area contributed by atoms with Gasteiger partial charge in [-0.25, -0.2) is 9.59 Å². The molecule has 2 amide bonds. The van der Waals surface area contributed by atoms with Gasteiger partial charge in [-0.05, 0) is 31.5 Å². The fourth-order valence-corrected chi connectivity index (χ4v) is 2.33. The van der Waals surface area contributed by atoms with Crippen molar-refractivity contribution in [3.8, 4) is 5.75 Å². The smallest absolute Gasteiger partial charge is 0.338 e. The van der Waals surface area contributed by atoms with E-state index < -0.39 is 12.0 Å². The van der Waals surface area contributed by atoms with E-state index in [0.29, 0.717) is 23.6 Å². The molecule has 1 atom stereocenters. The van der Waals surface area contributed by atoms with E-state index in [0.717, 1.165) is 5.56 Å². The Labute approximate surface area is 135 Å². The number of benzene rings is 1. The molecule has 0 spiro atoms. The van der Waals surface area contributed by atoms with Crippen molar-refractivity contribution < 1.29 is 19.1 Å². The molecule has 0 unspecified atom stereocenters. The van der Waals surface area contributed by atoms with Crippen LogP contribution in [0.4, 0.5) is 4.79 Å². The number of ether oxygens (including phenoxy) is 2. The highest BCUT2D eigenvalue weighted by Gasteiger charge is 2.31. The molecule has 122 valence electrons. The summed E-state index contributed by atoms with van der Waals surface area (Å²) in [6, 6.07) is 6.27. The Morgan fingerprint density at radius 3 is 2.65 bits per heavy atom. The van der Waals surface area contributed by atoms with Gasteiger partial charge in [-0.2, -0.15) is 0 Å². The zero-order chi connectivity index (χ0) is 16.8. The van der Waals surface area contributed by atoms with Crippen molar-refractivity contribution in [2.24, 2.45) is 0 Å². The lowest BCUT2D eigenvalue weighted by Gasteiger charge is -2.28. The Kier molecular flexibility index (Phi) is 5.41. The van der Waals surface area contributed by atoms with Crippen LogP contribution >= 0.6 is 0 Å². The van der Waals surface area contributed by atoms with Crippen LogP contribution in [0.15, 0.2) is 48.2 Å². The van der Waals surface area contributed by atoms with Crippen LogP contribution in [0.25, 0.3) is 0 Å². The van der Waals surface area contributed by atoms with Crippen LogP contribution in [-0.4, -0.2) is 25.2 Å². The number of esters is 1. The third-order valence-electron chi connectivity index (χ3n) is 3.35. The summed E-state index contributed by atoms with van der Waals surface area (Å²) < 4.78 is 10.5. The molecule has 0 saturated heterocycles. The average molecular weight is 316 g/mol. The minimum atomic E-state index is -0.559. The number of allylic oxidation sites excluding steroid dienone is 1. The fraction of sp³-hybridized carbons (Fsp3) is 0.294. The van der Waals surface area contributed by atoms with E-state index in [1.807, 2.05) is 0 Å². The molecule has 0 aromatic heterocycles. The molecule has 0 radical (unpaired) electrons. The molecule has 1 aromatic rings. The summed E-state index contributed by atoms with van der Waals surface area (Å²) in [5, 5.41) is 5.35. The molecule has 0 bridgehead atoms. The van der Waals surface area contributed by atoms with Crippen molar-refractivity contribution in [1.82, 2.24) is 10.6 Å². The zero-order valence-electron chi connectivity index (χ0n) is 13.2. The lowest BCUT2D eigenvalue weighted by atomic mass is 9.95. The molecule has 2 N–H and O–H groups in total. The first-order valence-corrected chi connectivity index (χ1v) is 7.35. The zero-order valence-corrected chi connectivity index (χ0v) is 13.2. The lowest BCUT2D eigenvalue weighted by molar-refractivity contribution is -0.139. The number of amides is 2. The van der Waals surface area contributed by atoms with Gasteiger partial charge in [0.2, 0.25) is 0 Å². The number of nitrogens with one attached hydrogen (secondary N) is 2. The van der Waals surface area contributed by atoms with Crippen molar-refractivity contribution in [1.29, 1.82) is 0 Å². The first kappa shape index (κ1) is 16.6. The van der Waals surface area contributed by atoms with Crippen molar-refractivity contribution in [3.63, 3.8) is 0 Å². The molecule has 1 aromatic carbocycles. The van der Waals surface area contributed by atoms with Crippen molar-refractivity contribution in [3.05, 3.63) is 53.8 Å². The summed E-state index contributed by atoms with van der Waals surface area (Å²) in [4.78, 5) is 23.9. The van der Waals surface area contributed by atoms with Crippen LogP contribution in [0.2, 0.25) is 0 Å². The van der Waals surface area contributed by atoms with Gasteiger partial charge in [-0.15, -0.1) is 0 Å². The second-order valence-electron chi connectivity index (χ2n) is 4.96. The van der Waals surface area contributed by atoms with Crippen molar-refractivity contribution in [2.45, 2.75) is 19.9 Å². The average Bonchev–Trinajstić information content (AvgIpc) is 2.52. The molecule has 1 aliphatic rings. The van der Waals surface area contributed by atoms with E-state index in [9.17, 15) is 9.59 Å². The van der Waals surface area contributed by atoms with Crippen LogP contribution in [-0.2, 0) is 9.53 Å². The molecule has 6 heteroatoms. The molecule has 0 saturated carbocycles. The Morgan fingerprint density at radius 1 is 1.35 bits per heavy atom. The largest absolute Gasteiger partial charge is 0.490 e. The van der Waals surface area contributed by atoms with Gasteiger partial charge in [0.15, 0.2) is 0 Å². The van der Waals surface area contributed by atoms with Crippen LogP contribution < -0.4 is 15.4 Å². The SMILES string of the molecule is C=CCOc1ccc([C@@H]2NC(=O)NC(C)=C2C(=O)OCC)cc1. The number of urea groups is 1. The summed E-state index contributed by atoms with van der Waals surface area (Å²) in [6.07, 6.45) is 1.66. The second kappa shape index (κ2) is 7.49. The number of rotatable bonds is 6. The highest BCUT2D eigenvalue weighted by Crippen LogP contribution is 2.28. The summed E-state index contributed by atoms with van der Waals surface area (Å²) in [5.74, 6) is 0.238. The number of hydrogen-bond donors (Lipinski definition) is 2. The number of carbonyl (C=O) groups excluding carboxylic acids is 2. The van der Waals surface area contributed by atoms with Crippen LogP contribution in [0.1, 0.15) is 25.5 Å². The third kappa shape index (κ3) is 3.91. The molecule has 2 rings (SSSR count). The number of carbonyl (C=O) groups is 2. The first-order valence-electron chi connectivity index (χ1n) is 7.35. The maximum atomic E-state index is 12.2. The van der Waals surface area contributed by atoms with E-state index in [4.69, 9.17) is 9.47 Å². The Balaban J connectivity index is 2.30. The fourth-order valence-electron chi connectivity index (χ4n) is 2.33. The Hall–Kier alpha value is -2.76. The van der Waals surface area contributed by atoms with E-state index in [1.54, 1.807) is 44.2 Å². The van der Waals surface area contributed by atoms with Crippen molar-refractivity contribution >= 4 is 12.0 Å². The molecule has 1 aliphatic heterocycles. The summed E-state index contributed by atoms with van der Waals surface area (Å²) in [5.41, 5.74) is 1.66. The van der Waals surface area contributed by atoms with Gasteiger partial charge in [0.25, 0.3) is 0 Å². The molecule has 6 nitrogen and oxygen atoms in total. The molecular formula is C17H20N2O4. The highest BCUT2D eigenvalue weighted by molar-refractivity contribution is 5.95. The topological polar surface area (TPSA) is 76.7 Å². The quantitative estimate of drug-likeness (QED) is 0.624. The minimum absolute atomic E-state index is 0.268. The Morgan fingerprint density at radius 2 is 2.04 bits per heavy atom. The Bertz CT molecular complexity index is 634. The summed E-state index contributed by atoms with van der Waals surface area (Å²) in [6.45, 7) is 7.69. The van der Waals surface area contributed by atoms with Gasteiger partial charge in [-0.1, -0.05) is 24.8 Å². The van der Waals surface area contributed by atoms with Crippen LogP contribution in [0.5, 0.6) is 5.75 Å². The van der Waals surface area contributed by atoms with E-state index in [1.165, 1.54) is 0 Å². The summed E-state index contributed by atoms with van der Waals surface area (Å²) >= 11 is 0. The maximum Gasteiger partial charge on any atom is 0.338 e. The van der Waals surface area contributed by atoms with Gasteiger partial charge in [0.1, 0.15) is 12.4 Å². The standard InChI is InChI=1S/C17H20N2O4/c1-4-10-23-13-8-6-12(7-9-13)15-14(16(20)22-5-2)11(3)18-17(21)19-15/h4,6-9,15H,1,5,10H2,2-3H3,(H2,18,19,21)/t15-/m0/s1. The van der Waals surface area contributed by atoms with Gasteiger partial charge in [0.05, 0.1) is 18.2 Å². The monoisotopic (exact) mass is 316 g/mol. The number of hydrogen-bond acceptors (Lipinski definition) is 4. The molecule has 1 heterocycles. The second-order valence-corrected chi connectivity index (χ2v) is 4.96. The molecular weight excluding hydrogens is 296 g/mol. The van der Waals surface area contributed by atoms with E-state index in [2.05, 4.69) is 17.2 Å². The predicted octanol–water partition coefficient (Wildman–Crippen LogP) is 2.44. The van der Waals surface area contributed by atoms with Gasteiger partial charge < -0.3 is 20.1 Å². The lowest BCUT2D eigenvalue weighted by Crippen LogP contribution is -2.45. The van der Waals surface area contributed by atoms with E-state index >= 15 is 0 Å². The summed E-state index contributed by atoms with van der Waals surface area (Å²) in [7, 11) is 0. The first-order chi connectivity index (χ1) is 11.1. The maximum absolute atomic E-state index is 12.2. The van der Waals surface area contributed by atoms with Crippen molar-refractivity contribution in [2.75, 3.05) is 13.2 Å². The molecule has 23 heavy (non-hydrogen) atoms. The molecule has 0 fully saturated rings. The highest BCUT2D eigenvalue weighted by atomic mass is 16.5. The van der Waals surface area contributed by atoms with Gasteiger partial charge >= 0.3 is 12.0 Å². The predicted molar refractivity (Wildman–Crippen MR) is 85.9 cm³/mol. The van der Waals surface area contributed by atoms with E-state index in [-0.39, 0.29) is 12.6 Å². The normalized spacial score (nSPS) is 17.1. The minimum Gasteiger partial charge on any atom is -0.490 e. The molecule has 0 aliphatic carbocycles. The van der Waals surface area contributed by atoms with Gasteiger partial charge in [0, 0.05) is 5.70 Å². The van der Waals surface area contributed by atoms with Gasteiger partial charge in [-0.3, -0.25) is 0 Å². The van der Waals surface area contributed by atoms with Crippen LogP contribution in [0, 0.1) is 0 Å². The third-order valence-corrected chi connectivity index (χ3v) is 3.35.